The first-order valence-electron chi connectivity index (χ1n) is 31.2. The molecule has 0 spiro atoms. The molecule has 0 aliphatic heterocycles. The summed E-state index contributed by atoms with van der Waals surface area (Å²) >= 11 is 0. The number of hydrogen-bond donors (Lipinski definition) is 0. The molecular weight excluding hydrogens is 837 g/mol. The fourth-order valence-corrected chi connectivity index (χ4v) is 9.60. The van der Waals surface area contributed by atoms with Crippen molar-refractivity contribution in [2.45, 2.75) is 361 Å². The average Bonchev–Trinajstić information content (AvgIpc) is 3.34. The highest BCUT2D eigenvalue weighted by molar-refractivity contribution is 5.69. The van der Waals surface area contributed by atoms with Crippen LogP contribution in [0.1, 0.15) is 355 Å². The average molecular weight is 960 g/mol. The van der Waals surface area contributed by atoms with E-state index in [1.165, 1.54) is 283 Å². The van der Waals surface area contributed by atoms with Crippen LogP contribution >= 0.6 is 0 Å². The van der Waals surface area contributed by atoms with Gasteiger partial charge in [0, 0.05) is 19.4 Å². The van der Waals surface area contributed by atoms with Gasteiger partial charge in [0.15, 0.2) is 0 Å². The van der Waals surface area contributed by atoms with Crippen LogP contribution in [0, 0.1) is 0 Å². The third-order valence-corrected chi connectivity index (χ3v) is 14.3. The number of carbonyl (C=O) groups excluding carboxylic acids is 2. The van der Waals surface area contributed by atoms with Gasteiger partial charge in [0.2, 0.25) is 0 Å². The van der Waals surface area contributed by atoms with Gasteiger partial charge in [-0.15, -0.1) is 0 Å². The smallest absolute Gasteiger partial charge is 0.305 e. The highest BCUT2D eigenvalue weighted by Gasteiger charge is 2.16. The monoisotopic (exact) mass is 959 g/mol. The number of rotatable bonds is 59. The lowest BCUT2D eigenvalue weighted by Gasteiger charge is -2.18. The van der Waals surface area contributed by atoms with Crippen LogP contribution in [0.25, 0.3) is 0 Å². The summed E-state index contributed by atoms with van der Waals surface area (Å²) in [5, 5.41) is 0. The van der Waals surface area contributed by atoms with Gasteiger partial charge in [-0.05, 0) is 44.9 Å². The van der Waals surface area contributed by atoms with E-state index in [0.29, 0.717) is 19.4 Å². The summed E-state index contributed by atoms with van der Waals surface area (Å²) in [6.07, 6.45) is 71.3. The lowest BCUT2D eigenvalue weighted by Crippen LogP contribution is -2.29. The molecule has 0 saturated heterocycles. The number of hydrogen-bond acceptors (Lipinski definition) is 5. The summed E-state index contributed by atoms with van der Waals surface area (Å²) in [7, 11) is 0. The van der Waals surface area contributed by atoms with Crippen molar-refractivity contribution in [1.82, 2.24) is 0 Å². The fraction of sp³-hybridized carbons (Fsp3) is 0.937. The third kappa shape index (κ3) is 57.2. The van der Waals surface area contributed by atoms with Crippen LogP contribution in [0.3, 0.4) is 0 Å². The van der Waals surface area contributed by atoms with Crippen molar-refractivity contribution in [3.63, 3.8) is 0 Å². The predicted molar refractivity (Wildman–Crippen MR) is 298 cm³/mol. The molecule has 0 aromatic rings. The molecule has 0 fully saturated rings. The summed E-state index contributed by atoms with van der Waals surface area (Å²) in [5.74, 6) is -0.317. The molecule has 1 atom stereocenters. The molecule has 0 bridgehead atoms. The number of allylic oxidation sites excluding steroid dienone is 2. The molecule has 0 aromatic heterocycles. The Balaban J connectivity index is 4.16. The van der Waals surface area contributed by atoms with Crippen LogP contribution in [-0.2, 0) is 23.8 Å². The van der Waals surface area contributed by atoms with E-state index >= 15 is 0 Å². The molecule has 0 N–H and O–H groups in total. The van der Waals surface area contributed by atoms with Crippen molar-refractivity contribution in [3.05, 3.63) is 12.2 Å². The minimum absolute atomic E-state index is 0.154. The second kappa shape index (κ2) is 59.9. The Morgan fingerprint density at radius 3 is 0.779 bits per heavy atom. The van der Waals surface area contributed by atoms with E-state index in [1.54, 1.807) is 0 Å². The molecule has 0 rings (SSSR count). The van der Waals surface area contributed by atoms with Crippen molar-refractivity contribution >= 4 is 11.9 Å². The summed E-state index contributed by atoms with van der Waals surface area (Å²) < 4.78 is 17.6. The Morgan fingerprint density at radius 2 is 0.515 bits per heavy atom. The van der Waals surface area contributed by atoms with Crippen molar-refractivity contribution < 1.29 is 23.8 Å². The zero-order chi connectivity index (χ0) is 49.2. The van der Waals surface area contributed by atoms with E-state index in [4.69, 9.17) is 14.2 Å². The first-order chi connectivity index (χ1) is 33.6. The Hall–Kier alpha value is -1.36. The van der Waals surface area contributed by atoms with Gasteiger partial charge in [-0.1, -0.05) is 309 Å². The van der Waals surface area contributed by atoms with Gasteiger partial charge in [-0.2, -0.15) is 0 Å². The Morgan fingerprint density at radius 1 is 0.294 bits per heavy atom. The first-order valence-corrected chi connectivity index (χ1v) is 31.2. The van der Waals surface area contributed by atoms with Crippen LogP contribution in [0.15, 0.2) is 12.2 Å². The third-order valence-electron chi connectivity index (χ3n) is 14.3. The molecule has 5 heteroatoms. The van der Waals surface area contributed by atoms with Gasteiger partial charge in [0.1, 0.15) is 19.3 Å². The largest absolute Gasteiger partial charge is 0.463 e. The molecule has 0 unspecified atom stereocenters. The topological polar surface area (TPSA) is 61.8 Å². The van der Waals surface area contributed by atoms with Crippen molar-refractivity contribution in [2.75, 3.05) is 19.8 Å². The Kier molecular flexibility index (Phi) is 58.7. The minimum Gasteiger partial charge on any atom is -0.463 e. The SMILES string of the molecule is CCCCCCCC/C=C\CCCCCCCC(=O)OC[C@H](COC(=O)CCCCCCCCCCCCCCCCCCCCCCC)OCCCCCCCCCCCCCCCCCC. The van der Waals surface area contributed by atoms with Crippen LogP contribution in [0.5, 0.6) is 0 Å². The van der Waals surface area contributed by atoms with Crippen molar-refractivity contribution in [2.24, 2.45) is 0 Å². The Bertz CT molecular complexity index is 994. The standard InChI is InChI=1S/C63H122O5/c1-4-7-10-13-16-19-22-25-28-30-31-32-33-34-36-39-42-45-48-51-54-57-63(65)68-60-61(66-58-55-52-49-46-43-40-37-29-26-23-20-17-14-11-8-5-2)59-67-62(64)56-53-50-47-44-41-38-35-27-24-21-18-15-12-9-6-3/h27,35,61H,4-26,28-34,36-60H2,1-3H3/b35-27-/t61-/m1/s1. The quantitative estimate of drug-likeness (QED) is 0.0345. The zero-order valence-corrected chi connectivity index (χ0v) is 46.7. The normalized spacial score (nSPS) is 12.1. The molecule has 68 heavy (non-hydrogen) atoms. The van der Waals surface area contributed by atoms with E-state index in [2.05, 4.69) is 32.9 Å². The molecule has 0 amide bonds. The lowest BCUT2D eigenvalue weighted by atomic mass is 10.0. The van der Waals surface area contributed by atoms with Gasteiger partial charge >= 0.3 is 11.9 Å². The highest BCUT2D eigenvalue weighted by Crippen LogP contribution is 2.18. The number of esters is 2. The minimum atomic E-state index is -0.395. The van der Waals surface area contributed by atoms with Crippen LogP contribution in [0.2, 0.25) is 0 Å². The van der Waals surface area contributed by atoms with Gasteiger partial charge in [-0.3, -0.25) is 9.59 Å². The van der Waals surface area contributed by atoms with E-state index in [0.717, 1.165) is 38.5 Å². The van der Waals surface area contributed by atoms with Crippen LogP contribution < -0.4 is 0 Å². The number of unbranched alkanes of at least 4 members (excludes halogenated alkanes) is 46. The number of ether oxygens (including phenoxy) is 3. The summed E-state index contributed by atoms with van der Waals surface area (Å²) in [4.78, 5) is 25.4. The fourth-order valence-electron chi connectivity index (χ4n) is 9.60. The lowest BCUT2D eigenvalue weighted by molar-refractivity contribution is -0.155. The van der Waals surface area contributed by atoms with Gasteiger partial charge in [0.05, 0.1) is 0 Å². The molecule has 0 aliphatic rings. The molecule has 0 heterocycles. The molecule has 0 aliphatic carbocycles. The predicted octanol–water partition coefficient (Wildman–Crippen LogP) is 21.4. The maximum absolute atomic E-state index is 12.7. The maximum Gasteiger partial charge on any atom is 0.305 e. The van der Waals surface area contributed by atoms with E-state index in [9.17, 15) is 9.59 Å². The zero-order valence-electron chi connectivity index (χ0n) is 46.7. The summed E-state index contributed by atoms with van der Waals surface area (Å²) in [6.45, 7) is 7.81. The summed E-state index contributed by atoms with van der Waals surface area (Å²) in [6, 6.07) is 0. The molecule has 404 valence electrons. The van der Waals surface area contributed by atoms with Crippen molar-refractivity contribution in [3.8, 4) is 0 Å². The highest BCUT2D eigenvalue weighted by atomic mass is 16.6. The molecular formula is C63H122O5. The van der Waals surface area contributed by atoms with E-state index < -0.39 is 6.10 Å². The molecule has 0 radical (unpaired) electrons. The molecule has 0 aromatic carbocycles. The number of carbonyl (C=O) groups is 2. The van der Waals surface area contributed by atoms with E-state index in [-0.39, 0.29) is 25.2 Å². The van der Waals surface area contributed by atoms with Gasteiger partial charge in [-0.25, -0.2) is 0 Å². The Labute approximate surface area is 426 Å². The molecule has 0 saturated carbocycles. The van der Waals surface area contributed by atoms with Gasteiger partial charge in [0.25, 0.3) is 0 Å². The van der Waals surface area contributed by atoms with E-state index in [1.807, 2.05) is 0 Å². The second-order valence-corrected chi connectivity index (χ2v) is 21.3. The second-order valence-electron chi connectivity index (χ2n) is 21.3. The first kappa shape index (κ1) is 66.6. The van der Waals surface area contributed by atoms with Gasteiger partial charge < -0.3 is 14.2 Å². The van der Waals surface area contributed by atoms with Crippen molar-refractivity contribution in [1.29, 1.82) is 0 Å². The molecule has 5 nitrogen and oxygen atoms in total. The maximum atomic E-state index is 12.7. The van der Waals surface area contributed by atoms with Crippen LogP contribution in [0.4, 0.5) is 0 Å². The van der Waals surface area contributed by atoms with Crippen LogP contribution in [-0.4, -0.2) is 37.9 Å². The summed E-state index contributed by atoms with van der Waals surface area (Å²) in [5.41, 5.74) is 0.